The Hall–Kier alpha value is -2.16. The van der Waals surface area contributed by atoms with Crippen molar-refractivity contribution in [2.24, 2.45) is 0 Å². The van der Waals surface area contributed by atoms with Crippen LogP contribution in [0.2, 0.25) is 0 Å². The van der Waals surface area contributed by atoms with Crippen molar-refractivity contribution in [3.8, 4) is 0 Å². The molecule has 126 valence electrons. The number of alkyl halides is 3. The van der Waals surface area contributed by atoms with Crippen molar-refractivity contribution in [2.45, 2.75) is 31.2 Å². The zero-order chi connectivity index (χ0) is 17.2. The maximum atomic E-state index is 12.5. The van der Waals surface area contributed by atoms with Gasteiger partial charge in [-0.15, -0.1) is 0 Å². The Morgan fingerprint density at radius 2 is 2.13 bits per heavy atom. The lowest BCUT2D eigenvalue weighted by Gasteiger charge is -2.23. The maximum absolute atomic E-state index is 12.5. The topological polar surface area (TPSA) is 79.7 Å². The molecular formula is C14H15F3N2O4. The van der Waals surface area contributed by atoms with Crippen LogP contribution in [-0.2, 0) is 15.7 Å². The number of nitrogens with zero attached hydrogens (tertiary/aromatic N) is 2. The van der Waals surface area contributed by atoms with Gasteiger partial charge in [0.15, 0.2) is 0 Å². The summed E-state index contributed by atoms with van der Waals surface area (Å²) in [6.07, 6.45) is -3.92. The first kappa shape index (κ1) is 17.2. The van der Waals surface area contributed by atoms with E-state index in [1.54, 1.807) is 0 Å². The predicted molar refractivity (Wildman–Crippen MR) is 71.7 cm³/mol. The van der Waals surface area contributed by atoms with Gasteiger partial charge in [-0.05, 0) is 18.6 Å². The van der Waals surface area contributed by atoms with Crippen LogP contribution in [0.4, 0.5) is 13.2 Å². The van der Waals surface area contributed by atoms with Crippen LogP contribution in [0.25, 0.3) is 0 Å². The Kier molecular flexibility index (Phi) is 4.88. The number of halogens is 3. The van der Waals surface area contributed by atoms with Gasteiger partial charge in [-0.1, -0.05) is 0 Å². The number of carbonyl (C=O) groups excluding carboxylic acids is 1. The lowest BCUT2D eigenvalue weighted by Crippen LogP contribution is -2.37. The molecule has 9 heteroatoms. The van der Waals surface area contributed by atoms with Crippen LogP contribution in [0.15, 0.2) is 18.3 Å². The highest BCUT2D eigenvalue weighted by Gasteiger charge is 2.37. The molecule has 2 rings (SSSR count). The van der Waals surface area contributed by atoms with Crippen molar-refractivity contribution in [1.82, 2.24) is 9.88 Å². The van der Waals surface area contributed by atoms with Crippen molar-refractivity contribution in [3.05, 3.63) is 29.6 Å². The number of methoxy groups -OCH3 is 1. The Balaban J connectivity index is 2.18. The first-order valence-corrected chi connectivity index (χ1v) is 6.81. The number of hydrogen-bond acceptors (Lipinski definition) is 4. The summed E-state index contributed by atoms with van der Waals surface area (Å²) in [6.45, 7) is 0.189. The van der Waals surface area contributed by atoms with Crippen LogP contribution >= 0.6 is 0 Å². The number of ether oxygens (including phenoxy) is 1. The van der Waals surface area contributed by atoms with Gasteiger partial charge in [0.1, 0.15) is 5.69 Å². The normalized spacial score (nSPS) is 21.5. The molecule has 1 amide bonds. The highest BCUT2D eigenvalue weighted by Crippen LogP contribution is 2.28. The smallest absolute Gasteiger partial charge is 0.433 e. The highest BCUT2D eigenvalue weighted by atomic mass is 19.4. The maximum Gasteiger partial charge on any atom is 0.433 e. The van der Waals surface area contributed by atoms with E-state index in [1.165, 1.54) is 12.0 Å². The van der Waals surface area contributed by atoms with Crippen molar-refractivity contribution < 1.29 is 32.6 Å². The number of carbonyl (C=O) groups is 2. The molecule has 2 heterocycles. The van der Waals surface area contributed by atoms with Gasteiger partial charge in [0, 0.05) is 25.9 Å². The average Bonchev–Trinajstić information content (AvgIpc) is 2.88. The molecule has 0 saturated carbocycles. The number of rotatable bonds is 4. The zero-order valence-electron chi connectivity index (χ0n) is 12.2. The van der Waals surface area contributed by atoms with E-state index < -0.39 is 29.8 Å². The molecule has 1 N–H and O–H groups in total. The summed E-state index contributed by atoms with van der Waals surface area (Å²) in [5.41, 5.74) is -1.11. The van der Waals surface area contributed by atoms with E-state index in [1.807, 2.05) is 0 Å². The van der Waals surface area contributed by atoms with Crippen LogP contribution in [0.3, 0.4) is 0 Å². The Morgan fingerprint density at radius 1 is 1.43 bits per heavy atom. The van der Waals surface area contributed by atoms with Gasteiger partial charge in [0.25, 0.3) is 5.91 Å². The third-order valence-corrected chi connectivity index (χ3v) is 3.68. The molecule has 2 atom stereocenters. The standard InChI is InChI=1S/C14H15F3N2O4/c1-23-10-4-9(5-12(20)21)19(7-10)13(22)8-2-3-11(18-6-8)14(15,16)17/h2-3,6,9-10H,4-5,7H2,1H3,(H,20,21). The fraction of sp³-hybridized carbons (Fsp3) is 0.500. The molecule has 6 nitrogen and oxygen atoms in total. The summed E-state index contributed by atoms with van der Waals surface area (Å²) in [6, 6.07) is 1.20. The van der Waals surface area contributed by atoms with Gasteiger partial charge in [-0.2, -0.15) is 13.2 Å². The van der Waals surface area contributed by atoms with Crippen molar-refractivity contribution in [3.63, 3.8) is 0 Å². The van der Waals surface area contributed by atoms with E-state index in [4.69, 9.17) is 9.84 Å². The molecule has 1 aromatic rings. The minimum Gasteiger partial charge on any atom is -0.481 e. The van der Waals surface area contributed by atoms with E-state index in [-0.39, 0.29) is 24.6 Å². The SMILES string of the molecule is COC1CC(CC(=O)O)N(C(=O)c2ccc(C(F)(F)F)nc2)C1. The number of carboxylic acid groups (broad SMARTS) is 1. The number of carboxylic acids is 1. The number of pyridine rings is 1. The van der Waals surface area contributed by atoms with Crippen molar-refractivity contribution >= 4 is 11.9 Å². The largest absolute Gasteiger partial charge is 0.481 e. The predicted octanol–water partition coefficient (Wildman–Crippen LogP) is 1.80. The summed E-state index contributed by atoms with van der Waals surface area (Å²) in [5, 5.41) is 8.91. The molecule has 0 spiro atoms. The highest BCUT2D eigenvalue weighted by molar-refractivity contribution is 5.94. The Morgan fingerprint density at radius 3 is 2.61 bits per heavy atom. The average molecular weight is 332 g/mol. The molecule has 0 radical (unpaired) electrons. The van der Waals surface area contributed by atoms with E-state index in [2.05, 4.69) is 4.98 Å². The van der Waals surface area contributed by atoms with Gasteiger partial charge < -0.3 is 14.7 Å². The molecule has 0 aromatic carbocycles. The molecule has 1 saturated heterocycles. The van der Waals surface area contributed by atoms with Crippen molar-refractivity contribution in [2.75, 3.05) is 13.7 Å². The molecule has 1 aliphatic heterocycles. The first-order valence-electron chi connectivity index (χ1n) is 6.81. The molecule has 2 unspecified atom stereocenters. The number of amides is 1. The van der Waals surface area contributed by atoms with Crippen LogP contribution in [0, 0.1) is 0 Å². The molecule has 0 bridgehead atoms. The monoisotopic (exact) mass is 332 g/mol. The second-order valence-electron chi connectivity index (χ2n) is 5.23. The number of likely N-dealkylation sites (tertiary alicyclic amines) is 1. The third kappa shape index (κ3) is 3.98. The third-order valence-electron chi connectivity index (χ3n) is 3.68. The quantitative estimate of drug-likeness (QED) is 0.909. The number of hydrogen-bond donors (Lipinski definition) is 1. The van der Waals surface area contributed by atoms with Gasteiger partial charge in [0.05, 0.1) is 18.1 Å². The first-order chi connectivity index (χ1) is 10.7. The molecular weight excluding hydrogens is 317 g/mol. The number of aliphatic carboxylic acids is 1. The minimum atomic E-state index is -4.58. The molecule has 23 heavy (non-hydrogen) atoms. The minimum absolute atomic E-state index is 0.0230. The molecule has 1 aromatic heterocycles. The van der Waals surface area contributed by atoms with E-state index in [0.29, 0.717) is 6.42 Å². The molecule has 1 aliphatic rings. The van der Waals surface area contributed by atoms with Gasteiger partial charge in [0.2, 0.25) is 0 Å². The lowest BCUT2D eigenvalue weighted by molar-refractivity contribution is -0.141. The summed E-state index contributed by atoms with van der Waals surface area (Å²) in [5.74, 6) is -1.62. The zero-order valence-corrected chi connectivity index (χ0v) is 12.2. The second-order valence-corrected chi connectivity index (χ2v) is 5.23. The van der Waals surface area contributed by atoms with Crippen LogP contribution in [-0.4, -0.2) is 52.7 Å². The summed E-state index contributed by atoms with van der Waals surface area (Å²) < 4.78 is 42.6. The fourth-order valence-corrected chi connectivity index (χ4v) is 2.54. The van der Waals surface area contributed by atoms with E-state index in [0.717, 1.165) is 18.3 Å². The molecule has 1 fully saturated rings. The van der Waals surface area contributed by atoms with E-state index in [9.17, 15) is 22.8 Å². The molecule has 0 aliphatic carbocycles. The lowest BCUT2D eigenvalue weighted by atomic mass is 10.1. The van der Waals surface area contributed by atoms with Crippen LogP contribution < -0.4 is 0 Å². The van der Waals surface area contributed by atoms with E-state index >= 15 is 0 Å². The van der Waals surface area contributed by atoms with Gasteiger partial charge >= 0.3 is 12.1 Å². The second kappa shape index (κ2) is 6.53. The Labute approximate surface area is 129 Å². The summed E-state index contributed by atoms with van der Waals surface area (Å²) >= 11 is 0. The van der Waals surface area contributed by atoms with Crippen molar-refractivity contribution in [1.29, 1.82) is 0 Å². The fourth-order valence-electron chi connectivity index (χ4n) is 2.54. The summed E-state index contributed by atoms with van der Waals surface area (Å²) in [7, 11) is 1.45. The van der Waals surface area contributed by atoms with Gasteiger partial charge in [-0.3, -0.25) is 14.6 Å². The van der Waals surface area contributed by atoms with Gasteiger partial charge in [-0.25, -0.2) is 0 Å². The van der Waals surface area contributed by atoms with Crippen LogP contribution in [0.1, 0.15) is 28.9 Å². The number of aromatic nitrogens is 1. The van der Waals surface area contributed by atoms with Crippen LogP contribution in [0.5, 0.6) is 0 Å². The summed E-state index contributed by atoms with van der Waals surface area (Å²) in [4.78, 5) is 27.9. The Bertz CT molecular complexity index is 589.